The Labute approximate surface area is 408 Å². The van der Waals surface area contributed by atoms with Gasteiger partial charge in [-0.05, 0) is 124 Å². The number of amides is 2. The number of rotatable bonds is 12. The van der Waals surface area contributed by atoms with Crippen molar-refractivity contribution in [2.75, 3.05) is 63.4 Å². The number of hydrogen-bond acceptors (Lipinski definition) is 9. The van der Waals surface area contributed by atoms with E-state index in [2.05, 4.69) is 87.6 Å². The number of carbonyl (C=O) groups excluding carboxylic acids is 2. The minimum absolute atomic E-state index is 0.466. The van der Waals surface area contributed by atoms with Crippen LogP contribution >= 0.6 is 11.6 Å². The van der Waals surface area contributed by atoms with Crippen molar-refractivity contribution in [1.29, 1.82) is 0 Å². The standard InChI is InChI=1S/C19H23N3.C12H17N3O2.C11H15N3O2.C10H13ClN2/c1-14-6-8-18(16(3)10-14)20-12-22(5)13-21-19-9-7-15(2)11-17(19)4;1-9-7-10(17-12(16)13-2)5-6-11(9)14-8-15(3)4;1-12-11(15)16-10-6-4-5-9(7-10)13-8-14(2)3;1-8-6-9(11)4-5-10(8)12-7-13(2)3/h6-13H,1-5H3;5-8H,1-4H3,(H,13,16);4-8H,1-3H3,(H,12,15);4-7H,1-3H3/b20-12+,21-13+;;13-8-;. The minimum Gasteiger partial charge on any atom is -0.410 e. The fourth-order valence-electron chi connectivity index (χ4n) is 5.32. The summed E-state index contributed by atoms with van der Waals surface area (Å²) in [5, 5.41) is 5.52. The lowest BCUT2D eigenvalue weighted by molar-refractivity contribution is 0.202. The van der Waals surface area contributed by atoms with Crippen LogP contribution in [0.5, 0.6) is 11.5 Å². The predicted molar refractivity (Wildman–Crippen MR) is 285 cm³/mol. The first kappa shape index (κ1) is 56.6. The number of hydrogen-bond donors (Lipinski definition) is 2. The Morgan fingerprint density at radius 2 is 0.853 bits per heavy atom. The summed E-state index contributed by atoms with van der Waals surface area (Å²) < 4.78 is 9.99. The second kappa shape index (κ2) is 29.9. The van der Waals surface area contributed by atoms with E-state index in [0.29, 0.717) is 11.5 Å². The molecule has 16 heteroatoms. The van der Waals surface area contributed by atoms with Gasteiger partial charge in [0.15, 0.2) is 0 Å². The van der Waals surface area contributed by atoms with Gasteiger partial charge in [-0.2, -0.15) is 0 Å². The maximum absolute atomic E-state index is 11.0. The number of aryl methyl sites for hydroxylation is 6. The predicted octanol–water partition coefficient (Wildman–Crippen LogP) is 11.3. The number of carbonyl (C=O) groups is 2. The number of aliphatic imine (C=N–C) groups is 5. The molecular weight excluding hydrogens is 878 g/mol. The lowest BCUT2D eigenvalue weighted by Crippen LogP contribution is -2.21. The Morgan fingerprint density at radius 1 is 0.471 bits per heavy atom. The van der Waals surface area contributed by atoms with Crippen LogP contribution < -0.4 is 20.1 Å². The summed E-state index contributed by atoms with van der Waals surface area (Å²) >= 11 is 5.82. The SMILES string of the molecule is CNC(=O)Oc1ccc(N=CN(C)C)c(C)c1.CNC(=O)Oc1cccc(/N=C\N(C)C)c1.Cc1cc(Cl)ccc1N=CN(C)C.Cc1ccc(/N=C/N(C)/C=N/c2ccc(C)cc2C)c(C)c1. The highest BCUT2D eigenvalue weighted by molar-refractivity contribution is 6.30. The monoisotopic (exact) mass is 946 g/mol. The molecule has 0 atom stereocenters. The number of nitrogens with one attached hydrogen (secondary N) is 2. The van der Waals surface area contributed by atoms with E-state index in [0.717, 1.165) is 44.6 Å². The summed E-state index contributed by atoms with van der Waals surface area (Å²) in [5.74, 6) is 0.971. The molecule has 0 radical (unpaired) electrons. The first-order valence-electron chi connectivity index (χ1n) is 21.5. The Morgan fingerprint density at radius 3 is 1.26 bits per heavy atom. The van der Waals surface area contributed by atoms with E-state index >= 15 is 0 Å². The van der Waals surface area contributed by atoms with Crippen molar-refractivity contribution >= 4 is 83.9 Å². The van der Waals surface area contributed by atoms with Crippen molar-refractivity contribution < 1.29 is 19.1 Å². The van der Waals surface area contributed by atoms with Crippen molar-refractivity contribution in [3.63, 3.8) is 0 Å². The first-order chi connectivity index (χ1) is 32.2. The lowest BCUT2D eigenvalue weighted by Gasteiger charge is -2.07. The van der Waals surface area contributed by atoms with Crippen LogP contribution in [0.15, 0.2) is 122 Å². The third kappa shape index (κ3) is 23.1. The van der Waals surface area contributed by atoms with E-state index in [1.165, 1.54) is 36.3 Å². The minimum atomic E-state index is -0.492. The molecule has 0 saturated carbocycles. The number of nitrogens with zero attached hydrogens (tertiary/aromatic N) is 9. The van der Waals surface area contributed by atoms with Crippen LogP contribution in [0.3, 0.4) is 0 Å². The summed E-state index contributed by atoms with van der Waals surface area (Å²) in [6, 6.07) is 30.5. The average Bonchev–Trinajstić information content (AvgIpc) is 3.27. The smallest absolute Gasteiger partial charge is 0.410 e. The molecule has 2 N–H and O–H groups in total. The Hall–Kier alpha value is -7.52. The third-order valence-corrected chi connectivity index (χ3v) is 8.96. The molecule has 0 aliphatic rings. The second-order valence-corrected chi connectivity index (χ2v) is 16.5. The van der Waals surface area contributed by atoms with Crippen molar-refractivity contribution in [2.24, 2.45) is 25.0 Å². The highest BCUT2D eigenvalue weighted by Crippen LogP contribution is 2.25. The van der Waals surface area contributed by atoms with Gasteiger partial charge in [0, 0.05) is 74.5 Å². The van der Waals surface area contributed by atoms with Crippen LogP contribution in [-0.4, -0.2) is 127 Å². The largest absolute Gasteiger partial charge is 0.412 e. The molecule has 0 aromatic heterocycles. The molecule has 0 spiro atoms. The van der Waals surface area contributed by atoms with Gasteiger partial charge in [-0.25, -0.2) is 34.6 Å². The molecule has 68 heavy (non-hydrogen) atoms. The molecule has 362 valence electrons. The number of ether oxygens (including phenoxy) is 2. The molecule has 5 rings (SSSR count). The van der Waals surface area contributed by atoms with Gasteiger partial charge in [-0.1, -0.05) is 53.1 Å². The normalized spacial score (nSPS) is 10.8. The van der Waals surface area contributed by atoms with E-state index in [9.17, 15) is 9.59 Å². The fourth-order valence-corrected chi connectivity index (χ4v) is 5.54. The second-order valence-electron chi connectivity index (χ2n) is 16.0. The van der Waals surface area contributed by atoms with Crippen LogP contribution in [0.25, 0.3) is 0 Å². The number of halogens is 1. The summed E-state index contributed by atoms with van der Waals surface area (Å²) in [5.41, 5.74) is 11.4. The van der Waals surface area contributed by atoms with Gasteiger partial charge in [0.05, 0.1) is 60.1 Å². The lowest BCUT2D eigenvalue weighted by atomic mass is 10.1. The van der Waals surface area contributed by atoms with Crippen LogP contribution in [-0.2, 0) is 0 Å². The highest BCUT2D eigenvalue weighted by Gasteiger charge is 2.05. The third-order valence-electron chi connectivity index (χ3n) is 8.73. The van der Waals surface area contributed by atoms with Gasteiger partial charge in [-0.15, -0.1) is 0 Å². The molecule has 5 aromatic rings. The zero-order valence-corrected chi connectivity index (χ0v) is 42.9. The van der Waals surface area contributed by atoms with Crippen molar-refractivity contribution in [2.45, 2.75) is 41.5 Å². The molecule has 5 aromatic carbocycles. The van der Waals surface area contributed by atoms with Gasteiger partial charge in [0.25, 0.3) is 0 Å². The molecule has 0 fully saturated rings. The van der Waals surface area contributed by atoms with Gasteiger partial charge >= 0.3 is 12.2 Å². The van der Waals surface area contributed by atoms with Gasteiger partial charge in [-0.3, -0.25) is 0 Å². The molecule has 0 bridgehead atoms. The van der Waals surface area contributed by atoms with E-state index in [-0.39, 0.29) is 0 Å². The molecule has 0 unspecified atom stereocenters. The molecule has 0 saturated heterocycles. The maximum Gasteiger partial charge on any atom is 0.412 e. The van der Waals surface area contributed by atoms with E-state index in [1.54, 1.807) is 62.0 Å². The molecule has 2 amide bonds. The molecule has 15 nitrogen and oxygen atoms in total. The fraction of sp³-hybridized carbons (Fsp3) is 0.288. The van der Waals surface area contributed by atoms with Crippen LogP contribution in [0.4, 0.5) is 38.0 Å². The van der Waals surface area contributed by atoms with Crippen molar-refractivity contribution in [3.05, 3.63) is 135 Å². The summed E-state index contributed by atoms with van der Waals surface area (Å²) in [6.45, 7) is 12.2. The van der Waals surface area contributed by atoms with Crippen LogP contribution in [0.1, 0.15) is 33.4 Å². The Balaban J connectivity index is 0.000000317. The van der Waals surface area contributed by atoms with Crippen LogP contribution in [0.2, 0.25) is 5.02 Å². The first-order valence-corrected chi connectivity index (χ1v) is 21.9. The van der Waals surface area contributed by atoms with E-state index < -0.39 is 12.2 Å². The quantitative estimate of drug-likeness (QED) is 0.0926. The van der Waals surface area contributed by atoms with Crippen molar-refractivity contribution in [3.8, 4) is 11.5 Å². The van der Waals surface area contributed by atoms with E-state index in [4.69, 9.17) is 21.1 Å². The Bertz CT molecular complexity index is 2470. The zero-order valence-electron chi connectivity index (χ0n) is 42.2. The summed E-state index contributed by atoms with van der Waals surface area (Å²) in [6.07, 6.45) is 7.77. The zero-order chi connectivity index (χ0) is 50.8. The molecule has 0 aliphatic carbocycles. The van der Waals surface area contributed by atoms with Crippen LogP contribution in [0, 0.1) is 41.5 Å². The summed E-state index contributed by atoms with van der Waals surface area (Å²) in [7, 11) is 16.4. The highest BCUT2D eigenvalue weighted by atomic mass is 35.5. The van der Waals surface area contributed by atoms with Gasteiger partial charge in [0.1, 0.15) is 11.5 Å². The van der Waals surface area contributed by atoms with E-state index in [1.807, 2.05) is 125 Å². The Kier molecular flexibility index (Phi) is 24.9. The molecular formula is C52H68ClN11O4. The van der Waals surface area contributed by atoms with Gasteiger partial charge in [0.2, 0.25) is 0 Å². The summed E-state index contributed by atoms with van der Waals surface area (Å²) in [4.78, 5) is 51.2. The van der Waals surface area contributed by atoms with Crippen molar-refractivity contribution in [1.82, 2.24) is 30.2 Å². The maximum atomic E-state index is 11.0. The average molecular weight is 947 g/mol. The topological polar surface area (TPSA) is 151 Å². The number of benzene rings is 5. The molecule has 0 aliphatic heterocycles. The molecule has 0 heterocycles. The van der Waals surface area contributed by atoms with Gasteiger partial charge < -0.3 is 39.7 Å².